The van der Waals surface area contributed by atoms with Crippen LogP contribution in [0.1, 0.15) is 33.1 Å². The Morgan fingerprint density at radius 3 is 2.47 bits per heavy atom. The summed E-state index contributed by atoms with van der Waals surface area (Å²) in [5, 5.41) is 11.0. The van der Waals surface area contributed by atoms with Crippen LogP contribution in [-0.4, -0.2) is 23.5 Å². The fourth-order valence-electron chi connectivity index (χ4n) is 1.88. The van der Waals surface area contributed by atoms with Crippen LogP contribution in [0.25, 0.3) is 0 Å². The normalized spacial score (nSPS) is 26.3. The molecule has 0 bridgehead atoms. The van der Waals surface area contributed by atoms with Gasteiger partial charge < -0.3 is 4.74 Å². The van der Waals surface area contributed by atoms with Crippen molar-refractivity contribution >= 4 is 5.97 Å². The van der Waals surface area contributed by atoms with E-state index < -0.39 is 16.4 Å². The van der Waals surface area contributed by atoms with E-state index >= 15 is 0 Å². The van der Waals surface area contributed by atoms with Gasteiger partial charge in [0.25, 0.3) is 0 Å². The summed E-state index contributed by atoms with van der Waals surface area (Å²) in [6.45, 7) is 3.77. The standard InChI is InChI=1S/C10H15NO4/c1-7-4-5-10(11(13)14,6-8(7)2)9(12)15-3/h4-6H2,1-3H3. The van der Waals surface area contributed by atoms with Crippen molar-refractivity contribution in [2.45, 2.75) is 38.6 Å². The molecule has 0 spiro atoms. The molecule has 1 aliphatic carbocycles. The Hall–Kier alpha value is -1.39. The fraction of sp³-hybridized carbons (Fsp3) is 0.700. The first-order valence-corrected chi connectivity index (χ1v) is 4.82. The van der Waals surface area contributed by atoms with E-state index in [4.69, 9.17) is 0 Å². The van der Waals surface area contributed by atoms with Crippen molar-refractivity contribution in [2.24, 2.45) is 0 Å². The number of hydrogen-bond donors (Lipinski definition) is 0. The van der Waals surface area contributed by atoms with Crippen LogP contribution in [0.3, 0.4) is 0 Å². The summed E-state index contributed by atoms with van der Waals surface area (Å²) in [6.07, 6.45) is 0.982. The molecule has 0 saturated heterocycles. The predicted molar refractivity (Wildman–Crippen MR) is 54.0 cm³/mol. The SMILES string of the molecule is COC(=O)C1([N+](=O)[O-])CCC(C)=C(C)C1. The number of carbonyl (C=O) groups excluding carboxylic acids is 1. The minimum absolute atomic E-state index is 0.165. The number of esters is 1. The summed E-state index contributed by atoms with van der Waals surface area (Å²) in [7, 11) is 1.19. The van der Waals surface area contributed by atoms with Crippen molar-refractivity contribution in [2.75, 3.05) is 7.11 Å². The molecular weight excluding hydrogens is 198 g/mol. The summed E-state index contributed by atoms with van der Waals surface area (Å²) >= 11 is 0. The maximum atomic E-state index is 11.5. The minimum atomic E-state index is -1.56. The summed E-state index contributed by atoms with van der Waals surface area (Å²) in [5.74, 6) is -0.737. The minimum Gasteiger partial charge on any atom is -0.464 e. The van der Waals surface area contributed by atoms with Crippen LogP contribution in [0.2, 0.25) is 0 Å². The van der Waals surface area contributed by atoms with Crippen molar-refractivity contribution in [1.82, 2.24) is 0 Å². The highest BCUT2D eigenvalue weighted by molar-refractivity contribution is 5.80. The number of allylic oxidation sites excluding steroid dienone is 1. The zero-order valence-corrected chi connectivity index (χ0v) is 9.20. The van der Waals surface area contributed by atoms with E-state index in [0.717, 1.165) is 11.1 Å². The molecule has 0 N–H and O–H groups in total. The molecule has 0 aromatic carbocycles. The van der Waals surface area contributed by atoms with Crippen molar-refractivity contribution < 1.29 is 14.5 Å². The van der Waals surface area contributed by atoms with Crippen molar-refractivity contribution in [1.29, 1.82) is 0 Å². The maximum absolute atomic E-state index is 11.5. The first-order valence-electron chi connectivity index (χ1n) is 4.82. The van der Waals surface area contributed by atoms with Gasteiger partial charge in [0.1, 0.15) is 0 Å². The van der Waals surface area contributed by atoms with Crippen LogP contribution in [-0.2, 0) is 9.53 Å². The molecule has 0 heterocycles. The third-order valence-electron chi connectivity index (χ3n) is 3.11. The molecule has 0 aromatic heterocycles. The lowest BCUT2D eigenvalue weighted by molar-refractivity contribution is -0.556. The van der Waals surface area contributed by atoms with Crippen LogP contribution in [0.15, 0.2) is 11.1 Å². The summed E-state index contributed by atoms with van der Waals surface area (Å²) in [5.41, 5.74) is 0.498. The molecule has 5 nitrogen and oxygen atoms in total. The van der Waals surface area contributed by atoms with Crippen molar-refractivity contribution in [3.63, 3.8) is 0 Å². The molecule has 1 rings (SSSR count). The molecule has 0 saturated carbocycles. The molecule has 0 aromatic rings. The molecule has 0 radical (unpaired) electrons. The number of nitro groups is 1. The van der Waals surface area contributed by atoms with Gasteiger partial charge in [-0.1, -0.05) is 11.1 Å². The van der Waals surface area contributed by atoms with Gasteiger partial charge in [0.2, 0.25) is 0 Å². The summed E-state index contributed by atoms with van der Waals surface area (Å²) in [6, 6.07) is 0. The Morgan fingerprint density at radius 2 is 2.07 bits per heavy atom. The molecule has 5 heteroatoms. The third-order valence-corrected chi connectivity index (χ3v) is 3.11. The quantitative estimate of drug-likeness (QED) is 0.303. The first kappa shape index (κ1) is 11.7. The van der Waals surface area contributed by atoms with Crippen LogP contribution in [0.4, 0.5) is 0 Å². The van der Waals surface area contributed by atoms with Gasteiger partial charge in [0, 0.05) is 11.3 Å². The molecule has 0 fully saturated rings. The van der Waals surface area contributed by atoms with Crippen molar-refractivity contribution in [3.8, 4) is 0 Å². The highest BCUT2D eigenvalue weighted by Gasteiger charge is 2.53. The zero-order chi connectivity index (χ0) is 11.6. The van der Waals surface area contributed by atoms with Crippen LogP contribution in [0.5, 0.6) is 0 Å². The number of hydrogen-bond acceptors (Lipinski definition) is 4. The average Bonchev–Trinajstić information content (AvgIpc) is 2.20. The van der Waals surface area contributed by atoms with Crippen LogP contribution >= 0.6 is 0 Å². The highest BCUT2D eigenvalue weighted by atomic mass is 16.6. The third kappa shape index (κ3) is 1.86. The van der Waals surface area contributed by atoms with Gasteiger partial charge in [-0.3, -0.25) is 10.1 Å². The molecule has 1 aliphatic rings. The Labute approximate surface area is 88.3 Å². The van der Waals surface area contributed by atoms with Gasteiger partial charge in [-0.15, -0.1) is 0 Å². The predicted octanol–water partition coefficient (Wildman–Crippen LogP) is 1.70. The Morgan fingerprint density at radius 1 is 1.47 bits per heavy atom. The topological polar surface area (TPSA) is 69.4 Å². The van der Waals surface area contributed by atoms with E-state index in [-0.39, 0.29) is 12.8 Å². The summed E-state index contributed by atoms with van der Waals surface area (Å²) < 4.78 is 4.53. The van der Waals surface area contributed by atoms with E-state index in [9.17, 15) is 14.9 Å². The molecule has 15 heavy (non-hydrogen) atoms. The summed E-state index contributed by atoms with van der Waals surface area (Å²) in [4.78, 5) is 22.0. The largest absolute Gasteiger partial charge is 0.464 e. The zero-order valence-electron chi connectivity index (χ0n) is 9.20. The van der Waals surface area contributed by atoms with Crippen LogP contribution in [0, 0.1) is 10.1 Å². The monoisotopic (exact) mass is 213 g/mol. The Kier molecular flexibility index (Phi) is 3.12. The van der Waals surface area contributed by atoms with Gasteiger partial charge in [0.05, 0.1) is 13.5 Å². The first-order chi connectivity index (χ1) is 6.94. The molecular formula is C10H15NO4. The number of rotatable bonds is 2. The number of nitrogens with zero attached hydrogens (tertiary/aromatic N) is 1. The van der Waals surface area contributed by atoms with Gasteiger partial charge in [-0.2, -0.15) is 0 Å². The molecule has 84 valence electrons. The van der Waals surface area contributed by atoms with E-state index in [1.165, 1.54) is 7.11 Å². The van der Waals surface area contributed by atoms with Crippen molar-refractivity contribution in [3.05, 3.63) is 21.3 Å². The second-order valence-electron chi connectivity index (χ2n) is 4.02. The molecule has 1 atom stereocenters. The Balaban J connectivity index is 3.07. The van der Waals surface area contributed by atoms with E-state index in [0.29, 0.717) is 6.42 Å². The van der Waals surface area contributed by atoms with E-state index in [1.54, 1.807) is 0 Å². The maximum Gasteiger partial charge on any atom is 0.384 e. The molecule has 0 amide bonds. The number of methoxy groups -OCH3 is 1. The lowest BCUT2D eigenvalue weighted by Crippen LogP contribution is -2.48. The smallest absolute Gasteiger partial charge is 0.384 e. The average molecular weight is 213 g/mol. The lowest BCUT2D eigenvalue weighted by atomic mass is 9.79. The van der Waals surface area contributed by atoms with Gasteiger partial charge >= 0.3 is 11.5 Å². The highest BCUT2D eigenvalue weighted by Crippen LogP contribution is 2.35. The molecule has 0 aliphatic heterocycles. The van der Waals surface area contributed by atoms with Gasteiger partial charge in [-0.25, -0.2) is 4.79 Å². The van der Waals surface area contributed by atoms with Crippen LogP contribution < -0.4 is 0 Å². The van der Waals surface area contributed by atoms with Gasteiger partial charge in [-0.05, 0) is 20.3 Å². The number of carbonyl (C=O) groups is 1. The van der Waals surface area contributed by atoms with E-state index in [2.05, 4.69) is 4.74 Å². The number of ether oxygens (including phenoxy) is 1. The Bertz CT molecular complexity index is 334. The van der Waals surface area contributed by atoms with Gasteiger partial charge in [0.15, 0.2) is 0 Å². The second kappa shape index (κ2) is 4.00. The fourth-order valence-corrected chi connectivity index (χ4v) is 1.88. The lowest BCUT2D eigenvalue weighted by Gasteiger charge is -2.27. The molecule has 1 unspecified atom stereocenters. The second-order valence-corrected chi connectivity index (χ2v) is 4.02. The van der Waals surface area contributed by atoms with E-state index in [1.807, 2.05) is 13.8 Å².